The fourth-order valence-electron chi connectivity index (χ4n) is 1.70. The maximum atomic E-state index is 11.9. The van der Waals surface area contributed by atoms with Crippen molar-refractivity contribution in [1.29, 1.82) is 0 Å². The first-order valence-corrected chi connectivity index (χ1v) is 6.80. The standard InChI is InChI=1S/C13H26N2O4/c1-4-5-6-15(7-8-16)13(19)14-9-11(10(2)3)12(17)18/h10-11,16H,4-9H2,1-3H3,(H,14,19)(H,17,18). The van der Waals surface area contributed by atoms with Crippen LogP contribution in [0.15, 0.2) is 0 Å². The van der Waals surface area contributed by atoms with Crippen LogP contribution in [0.25, 0.3) is 0 Å². The molecule has 0 spiro atoms. The summed E-state index contributed by atoms with van der Waals surface area (Å²) in [6, 6.07) is -0.311. The molecule has 0 aliphatic carbocycles. The molecule has 2 amide bonds. The molecule has 112 valence electrons. The van der Waals surface area contributed by atoms with Crippen LogP contribution in [-0.2, 0) is 4.79 Å². The highest BCUT2D eigenvalue weighted by atomic mass is 16.4. The Hall–Kier alpha value is -1.30. The number of aliphatic hydroxyl groups excluding tert-OH is 1. The molecule has 1 atom stereocenters. The fraction of sp³-hybridized carbons (Fsp3) is 0.846. The second-order valence-corrected chi connectivity index (χ2v) is 4.94. The largest absolute Gasteiger partial charge is 0.481 e. The van der Waals surface area contributed by atoms with Gasteiger partial charge in [0.25, 0.3) is 0 Å². The molecule has 6 heteroatoms. The number of nitrogens with zero attached hydrogens (tertiary/aromatic N) is 1. The van der Waals surface area contributed by atoms with Gasteiger partial charge in [-0.3, -0.25) is 4.79 Å². The second kappa shape index (κ2) is 9.61. The predicted octanol–water partition coefficient (Wildman–Crippen LogP) is 1.15. The minimum atomic E-state index is -0.905. The van der Waals surface area contributed by atoms with Crippen LogP contribution < -0.4 is 5.32 Å². The lowest BCUT2D eigenvalue weighted by atomic mass is 9.96. The van der Waals surface area contributed by atoms with Gasteiger partial charge >= 0.3 is 12.0 Å². The zero-order chi connectivity index (χ0) is 14.8. The van der Waals surface area contributed by atoms with E-state index in [0.717, 1.165) is 12.8 Å². The summed E-state index contributed by atoms with van der Waals surface area (Å²) in [5.41, 5.74) is 0. The summed E-state index contributed by atoms with van der Waals surface area (Å²) in [4.78, 5) is 24.4. The van der Waals surface area contributed by atoms with E-state index in [1.807, 2.05) is 20.8 Å². The second-order valence-electron chi connectivity index (χ2n) is 4.94. The Morgan fingerprint density at radius 1 is 1.26 bits per heavy atom. The van der Waals surface area contributed by atoms with Crippen LogP contribution >= 0.6 is 0 Å². The molecule has 1 unspecified atom stereocenters. The minimum Gasteiger partial charge on any atom is -0.481 e. The molecule has 0 heterocycles. The van der Waals surface area contributed by atoms with E-state index in [0.29, 0.717) is 6.54 Å². The maximum absolute atomic E-state index is 11.9. The van der Waals surface area contributed by atoms with E-state index in [9.17, 15) is 9.59 Å². The fourth-order valence-corrected chi connectivity index (χ4v) is 1.70. The topological polar surface area (TPSA) is 89.9 Å². The van der Waals surface area contributed by atoms with Crippen LogP contribution in [0.5, 0.6) is 0 Å². The number of amides is 2. The zero-order valence-electron chi connectivity index (χ0n) is 12.1. The van der Waals surface area contributed by atoms with Crippen molar-refractivity contribution in [3.05, 3.63) is 0 Å². The van der Waals surface area contributed by atoms with E-state index in [1.54, 1.807) is 0 Å². The Kier molecular flexibility index (Phi) is 8.95. The number of unbranched alkanes of at least 4 members (excludes halogenated alkanes) is 1. The van der Waals surface area contributed by atoms with Gasteiger partial charge in [-0.1, -0.05) is 27.2 Å². The van der Waals surface area contributed by atoms with E-state index < -0.39 is 11.9 Å². The first kappa shape index (κ1) is 17.7. The zero-order valence-corrected chi connectivity index (χ0v) is 12.1. The molecule has 0 saturated carbocycles. The first-order chi connectivity index (χ1) is 8.93. The van der Waals surface area contributed by atoms with Crippen LogP contribution in [0.4, 0.5) is 4.79 Å². The van der Waals surface area contributed by atoms with Crippen LogP contribution in [0.3, 0.4) is 0 Å². The SMILES string of the molecule is CCCCN(CCO)C(=O)NCC(C(=O)O)C(C)C. The molecule has 0 aliphatic heterocycles. The van der Waals surface area contributed by atoms with Gasteiger partial charge in [0.05, 0.1) is 12.5 Å². The number of carboxylic acid groups (broad SMARTS) is 1. The lowest BCUT2D eigenvalue weighted by Gasteiger charge is -2.24. The number of aliphatic carboxylic acids is 1. The number of carbonyl (C=O) groups excluding carboxylic acids is 1. The smallest absolute Gasteiger partial charge is 0.317 e. The Balaban J connectivity index is 4.33. The van der Waals surface area contributed by atoms with E-state index >= 15 is 0 Å². The number of carbonyl (C=O) groups is 2. The molecule has 0 rings (SSSR count). The Morgan fingerprint density at radius 3 is 2.32 bits per heavy atom. The summed E-state index contributed by atoms with van der Waals surface area (Å²) in [7, 11) is 0. The quantitative estimate of drug-likeness (QED) is 0.588. The summed E-state index contributed by atoms with van der Waals surface area (Å²) in [6.45, 7) is 6.51. The van der Waals surface area contributed by atoms with Gasteiger partial charge in [0.15, 0.2) is 0 Å². The van der Waals surface area contributed by atoms with Crippen molar-refractivity contribution in [2.75, 3.05) is 26.2 Å². The van der Waals surface area contributed by atoms with Crippen molar-refractivity contribution < 1.29 is 19.8 Å². The molecular weight excluding hydrogens is 248 g/mol. The van der Waals surface area contributed by atoms with Gasteiger partial charge in [-0.2, -0.15) is 0 Å². The molecule has 6 nitrogen and oxygen atoms in total. The highest BCUT2D eigenvalue weighted by Crippen LogP contribution is 2.09. The summed E-state index contributed by atoms with van der Waals surface area (Å²) in [5.74, 6) is -1.54. The molecule has 0 aliphatic rings. The summed E-state index contributed by atoms with van der Waals surface area (Å²) in [5, 5.41) is 20.6. The molecular formula is C13H26N2O4. The third-order valence-electron chi connectivity index (χ3n) is 3.03. The first-order valence-electron chi connectivity index (χ1n) is 6.80. The number of hydrogen-bond acceptors (Lipinski definition) is 3. The Labute approximate surface area is 114 Å². The number of hydrogen-bond donors (Lipinski definition) is 3. The average molecular weight is 274 g/mol. The number of aliphatic hydroxyl groups is 1. The van der Waals surface area contributed by atoms with E-state index in [1.165, 1.54) is 4.90 Å². The molecule has 3 N–H and O–H groups in total. The van der Waals surface area contributed by atoms with Crippen LogP contribution in [-0.4, -0.2) is 53.4 Å². The Bertz CT molecular complexity index is 282. The van der Waals surface area contributed by atoms with Gasteiger partial charge in [0.2, 0.25) is 0 Å². The molecule has 0 aromatic rings. The minimum absolute atomic E-state index is 0.0419. The van der Waals surface area contributed by atoms with Crippen molar-refractivity contribution in [3.8, 4) is 0 Å². The molecule has 0 radical (unpaired) electrons. The monoisotopic (exact) mass is 274 g/mol. The van der Waals surface area contributed by atoms with E-state index in [-0.39, 0.29) is 31.6 Å². The van der Waals surface area contributed by atoms with Crippen molar-refractivity contribution in [3.63, 3.8) is 0 Å². The van der Waals surface area contributed by atoms with Crippen LogP contribution in [0, 0.1) is 11.8 Å². The molecule has 0 saturated heterocycles. The molecule has 0 aromatic heterocycles. The van der Waals surface area contributed by atoms with Crippen LogP contribution in [0.1, 0.15) is 33.6 Å². The molecule has 0 fully saturated rings. The van der Waals surface area contributed by atoms with Gasteiger partial charge < -0.3 is 20.4 Å². The molecule has 0 aromatic carbocycles. The highest BCUT2D eigenvalue weighted by Gasteiger charge is 2.23. The normalized spacial score (nSPS) is 12.3. The third-order valence-corrected chi connectivity index (χ3v) is 3.03. The van der Waals surface area contributed by atoms with Gasteiger partial charge in [-0.25, -0.2) is 4.79 Å². The van der Waals surface area contributed by atoms with Gasteiger partial charge in [0, 0.05) is 19.6 Å². The predicted molar refractivity (Wildman–Crippen MR) is 72.9 cm³/mol. The van der Waals surface area contributed by atoms with Crippen LogP contribution in [0.2, 0.25) is 0 Å². The van der Waals surface area contributed by atoms with Crippen molar-refractivity contribution >= 4 is 12.0 Å². The van der Waals surface area contributed by atoms with E-state index in [2.05, 4.69) is 5.32 Å². The van der Waals surface area contributed by atoms with E-state index in [4.69, 9.17) is 10.2 Å². The number of rotatable bonds is 9. The lowest BCUT2D eigenvalue weighted by molar-refractivity contribution is -0.142. The summed E-state index contributed by atoms with van der Waals surface area (Å²) >= 11 is 0. The summed E-state index contributed by atoms with van der Waals surface area (Å²) < 4.78 is 0. The maximum Gasteiger partial charge on any atom is 0.317 e. The number of carboxylic acids is 1. The molecule has 0 bridgehead atoms. The highest BCUT2D eigenvalue weighted by molar-refractivity contribution is 5.76. The van der Waals surface area contributed by atoms with Gasteiger partial charge in [-0.05, 0) is 12.3 Å². The number of urea groups is 1. The van der Waals surface area contributed by atoms with Gasteiger partial charge in [0.1, 0.15) is 0 Å². The van der Waals surface area contributed by atoms with Crippen molar-refractivity contribution in [1.82, 2.24) is 10.2 Å². The third kappa shape index (κ3) is 7.00. The number of nitrogens with one attached hydrogen (secondary N) is 1. The van der Waals surface area contributed by atoms with Gasteiger partial charge in [-0.15, -0.1) is 0 Å². The lowest BCUT2D eigenvalue weighted by Crippen LogP contribution is -2.45. The summed E-state index contributed by atoms with van der Waals surface area (Å²) in [6.07, 6.45) is 1.82. The molecule has 19 heavy (non-hydrogen) atoms. The Morgan fingerprint density at radius 2 is 1.89 bits per heavy atom. The average Bonchev–Trinajstić information content (AvgIpc) is 2.33. The van der Waals surface area contributed by atoms with Crippen molar-refractivity contribution in [2.45, 2.75) is 33.6 Å². The van der Waals surface area contributed by atoms with Crippen molar-refractivity contribution in [2.24, 2.45) is 11.8 Å².